The molecule has 10 heteroatoms. The summed E-state index contributed by atoms with van der Waals surface area (Å²) in [6.07, 6.45) is 0. The second-order valence-corrected chi connectivity index (χ2v) is 7.93. The summed E-state index contributed by atoms with van der Waals surface area (Å²) in [6, 6.07) is 13.5. The van der Waals surface area contributed by atoms with Crippen LogP contribution in [0.1, 0.15) is 31.1 Å². The van der Waals surface area contributed by atoms with Gasteiger partial charge in [0, 0.05) is 24.8 Å². The fourth-order valence-electron chi connectivity index (χ4n) is 3.84. The molecule has 1 atom stereocenters. The molecule has 1 aliphatic rings. The molecule has 1 aliphatic heterocycles. The van der Waals surface area contributed by atoms with Gasteiger partial charge in [-0.3, -0.25) is 9.59 Å². The average molecular weight is 476 g/mol. The third-order valence-electron chi connectivity index (χ3n) is 5.77. The molecule has 0 bridgehead atoms. The van der Waals surface area contributed by atoms with Gasteiger partial charge in [0.05, 0.1) is 29.6 Å². The van der Waals surface area contributed by atoms with Crippen LogP contribution in [0, 0.1) is 0 Å². The summed E-state index contributed by atoms with van der Waals surface area (Å²) in [5, 5.41) is 25.5. The molecular weight excluding hydrogens is 452 g/mol. The zero-order valence-electron chi connectivity index (χ0n) is 19.0. The van der Waals surface area contributed by atoms with Crippen molar-refractivity contribution in [1.29, 1.82) is 0 Å². The number of nitrogens with two attached hydrogens (primary N) is 1. The second-order valence-electron chi connectivity index (χ2n) is 7.93. The molecule has 0 saturated carbocycles. The molecular formula is C25H24N4O6. The first kappa shape index (κ1) is 23.4. The maximum Gasteiger partial charge on any atom is 0.335 e. The molecule has 1 unspecified atom stereocenters. The van der Waals surface area contributed by atoms with E-state index in [4.69, 9.17) is 15.6 Å². The summed E-state index contributed by atoms with van der Waals surface area (Å²) in [7, 11) is 2.96. The van der Waals surface area contributed by atoms with Crippen molar-refractivity contribution in [3.05, 3.63) is 71.3 Å². The van der Waals surface area contributed by atoms with Gasteiger partial charge in [0.15, 0.2) is 11.5 Å². The first-order valence-corrected chi connectivity index (χ1v) is 10.7. The highest BCUT2D eigenvalue weighted by Crippen LogP contribution is 2.42. The summed E-state index contributed by atoms with van der Waals surface area (Å²) in [5.74, 6) is -1.93. The number of carbonyl (C=O) groups excluding carboxylic acids is 2. The van der Waals surface area contributed by atoms with Crippen molar-refractivity contribution < 1.29 is 29.3 Å². The molecule has 1 heterocycles. The van der Waals surface area contributed by atoms with E-state index in [1.165, 1.54) is 31.4 Å². The Morgan fingerprint density at radius 2 is 1.74 bits per heavy atom. The number of hydrogen-bond acceptors (Lipinski definition) is 8. The topological polar surface area (TPSA) is 154 Å². The van der Waals surface area contributed by atoms with Crippen molar-refractivity contribution in [2.24, 2.45) is 0 Å². The van der Waals surface area contributed by atoms with Gasteiger partial charge in [-0.25, -0.2) is 4.79 Å². The molecule has 1 saturated heterocycles. The minimum absolute atomic E-state index is 0.00562. The molecule has 6 N–H and O–H groups in total. The molecule has 180 valence electrons. The summed E-state index contributed by atoms with van der Waals surface area (Å²) >= 11 is 0. The number of hydrogen-bond donors (Lipinski definition) is 5. The van der Waals surface area contributed by atoms with Crippen LogP contribution >= 0.6 is 0 Å². The number of aromatic carboxylic acids is 1. The van der Waals surface area contributed by atoms with Crippen molar-refractivity contribution in [3.63, 3.8) is 0 Å². The number of carboxylic acid groups (broad SMARTS) is 1. The Hall–Kier alpha value is -4.73. The summed E-state index contributed by atoms with van der Waals surface area (Å²) in [6.45, 7) is 0.468. The average Bonchev–Trinajstić information content (AvgIpc) is 3.64. The van der Waals surface area contributed by atoms with E-state index >= 15 is 0 Å². The number of Topliss-reactive ketones (excluding diaryl/α,β-unsaturated/α-hetero) is 1. The standard InChI is InChI=1S/C25H24N4O6/c1-27-21-18(29-12-19(29)22(30)13-3-6-15(26)7-4-13)10-8-16(23(21)31)24(32)28-17-9-5-14(25(33)34)11-20(17)35-2/h3-11,19,27,31H,12,26H2,1-2H3,(H,28,32)(H,33,34). The highest BCUT2D eigenvalue weighted by molar-refractivity contribution is 6.10. The normalized spacial score (nSPS) is 14.2. The summed E-state index contributed by atoms with van der Waals surface area (Å²) < 4.78 is 5.19. The van der Waals surface area contributed by atoms with Crippen LogP contribution in [0.3, 0.4) is 0 Å². The van der Waals surface area contributed by atoms with Gasteiger partial charge in [-0.05, 0) is 54.6 Å². The Balaban J connectivity index is 1.56. The number of benzene rings is 3. The van der Waals surface area contributed by atoms with Gasteiger partial charge in [0.2, 0.25) is 0 Å². The Morgan fingerprint density at radius 3 is 2.37 bits per heavy atom. The van der Waals surface area contributed by atoms with E-state index in [0.29, 0.717) is 29.2 Å². The van der Waals surface area contributed by atoms with Crippen LogP contribution in [0.15, 0.2) is 54.6 Å². The lowest BCUT2D eigenvalue weighted by molar-refractivity contribution is 0.0696. The fourth-order valence-corrected chi connectivity index (χ4v) is 3.84. The second kappa shape index (κ2) is 9.26. The van der Waals surface area contributed by atoms with Crippen molar-refractivity contribution in [2.45, 2.75) is 6.04 Å². The Kier molecular flexibility index (Phi) is 6.20. The molecule has 35 heavy (non-hydrogen) atoms. The molecule has 0 aliphatic carbocycles. The lowest BCUT2D eigenvalue weighted by atomic mass is 10.1. The largest absolute Gasteiger partial charge is 0.505 e. The van der Waals surface area contributed by atoms with Crippen molar-refractivity contribution in [1.82, 2.24) is 0 Å². The number of rotatable bonds is 8. The lowest BCUT2D eigenvalue weighted by Gasteiger charge is -2.17. The number of carboxylic acids is 1. The van der Waals surface area contributed by atoms with Crippen LogP contribution in [0.25, 0.3) is 0 Å². The van der Waals surface area contributed by atoms with Gasteiger partial charge in [-0.15, -0.1) is 0 Å². The molecule has 0 spiro atoms. The molecule has 3 aromatic rings. The predicted octanol–water partition coefficient (Wildman–Crippen LogP) is 3.05. The number of carbonyl (C=O) groups is 3. The van der Waals surface area contributed by atoms with Crippen LogP contribution in [0.2, 0.25) is 0 Å². The van der Waals surface area contributed by atoms with Crippen LogP contribution < -0.4 is 26.0 Å². The molecule has 0 aromatic heterocycles. The van der Waals surface area contributed by atoms with Gasteiger partial charge >= 0.3 is 5.97 Å². The first-order valence-electron chi connectivity index (χ1n) is 10.7. The van der Waals surface area contributed by atoms with E-state index in [0.717, 1.165) is 0 Å². The summed E-state index contributed by atoms with van der Waals surface area (Å²) in [4.78, 5) is 38.7. The number of amides is 1. The van der Waals surface area contributed by atoms with Crippen LogP contribution in [-0.4, -0.2) is 54.6 Å². The number of phenolic OH excluding ortho intramolecular Hbond substituents is 1. The van der Waals surface area contributed by atoms with Crippen molar-refractivity contribution in [2.75, 3.05) is 42.0 Å². The highest BCUT2D eigenvalue weighted by Gasteiger charge is 2.42. The van der Waals surface area contributed by atoms with Crippen molar-refractivity contribution >= 4 is 40.4 Å². The molecule has 0 radical (unpaired) electrons. The molecule has 10 nitrogen and oxygen atoms in total. The number of nitrogens with one attached hydrogen (secondary N) is 2. The van der Waals surface area contributed by atoms with Gasteiger partial charge in [0.25, 0.3) is 5.91 Å². The van der Waals surface area contributed by atoms with Gasteiger partial charge < -0.3 is 36.2 Å². The number of ether oxygens (including phenoxy) is 1. The van der Waals surface area contributed by atoms with E-state index in [-0.39, 0.29) is 40.1 Å². The Bertz CT molecular complexity index is 1320. The van der Waals surface area contributed by atoms with Crippen molar-refractivity contribution in [3.8, 4) is 11.5 Å². The maximum atomic E-state index is 12.9. The van der Waals surface area contributed by atoms with Gasteiger partial charge in [-0.2, -0.15) is 0 Å². The number of aromatic hydroxyl groups is 1. The number of anilines is 4. The minimum atomic E-state index is -1.13. The fraction of sp³-hybridized carbons (Fsp3) is 0.160. The van der Waals surface area contributed by atoms with E-state index in [2.05, 4.69) is 10.6 Å². The number of ketones is 1. The molecule has 4 rings (SSSR count). The number of phenols is 1. The Labute approximate surface area is 200 Å². The molecule has 1 fully saturated rings. The minimum Gasteiger partial charge on any atom is -0.505 e. The van der Waals surface area contributed by atoms with E-state index in [1.54, 1.807) is 37.4 Å². The van der Waals surface area contributed by atoms with E-state index in [9.17, 15) is 19.5 Å². The highest BCUT2D eigenvalue weighted by atomic mass is 16.5. The third kappa shape index (κ3) is 4.54. The SMILES string of the molecule is CNc1c(N2CC2C(=O)c2ccc(N)cc2)ccc(C(=O)Nc2ccc(C(=O)O)cc2OC)c1O. The monoisotopic (exact) mass is 476 g/mol. The summed E-state index contributed by atoms with van der Waals surface area (Å²) in [5.41, 5.74) is 7.94. The zero-order valence-corrected chi connectivity index (χ0v) is 19.0. The first-order chi connectivity index (χ1) is 16.7. The quantitative estimate of drug-likeness (QED) is 0.143. The van der Waals surface area contributed by atoms with Crippen LogP contribution in [0.4, 0.5) is 22.7 Å². The maximum absolute atomic E-state index is 12.9. The number of nitrogen functional groups attached to an aromatic ring is 1. The van der Waals surface area contributed by atoms with Gasteiger partial charge in [0.1, 0.15) is 17.5 Å². The number of methoxy groups -OCH3 is 1. The molecule has 3 aromatic carbocycles. The van der Waals surface area contributed by atoms with E-state index < -0.39 is 11.9 Å². The van der Waals surface area contributed by atoms with Crippen LogP contribution in [-0.2, 0) is 0 Å². The zero-order chi connectivity index (χ0) is 25.3. The predicted molar refractivity (Wildman–Crippen MR) is 132 cm³/mol. The van der Waals surface area contributed by atoms with Gasteiger partial charge in [-0.1, -0.05) is 0 Å². The third-order valence-corrected chi connectivity index (χ3v) is 5.77. The lowest BCUT2D eigenvalue weighted by Crippen LogP contribution is -2.16. The smallest absolute Gasteiger partial charge is 0.335 e. The van der Waals surface area contributed by atoms with Crippen LogP contribution in [0.5, 0.6) is 11.5 Å². The Morgan fingerprint density at radius 1 is 1.06 bits per heavy atom. The molecule has 1 amide bonds. The van der Waals surface area contributed by atoms with E-state index in [1.807, 2.05) is 4.90 Å². The number of nitrogens with zero attached hydrogens (tertiary/aromatic N) is 1.